The van der Waals surface area contributed by atoms with Gasteiger partial charge in [-0.25, -0.2) is 4.79 Å². The zero-order valence-corrected chi connectivity index (χ0v) is 23.0. The molecule has 15 heteroatoms. The molecule has 1 heterocycles. The normalized spacial score (nSPS) is 15.8. The Balaban J connectivity index is 2.35. The van der Waals surface area contributed by atoms with Crippen molar-refractivity contribution in [2.75, 3.05) is 66.0 Å². The summed E-state index contributed by atoms with van der Waals surface area (Å²) in [5, 5.41) is -1.63. The largest absolute Gasteiger partial charge is 0.382 e. The van der Waals surface area contributed by atoms with E-state index in [1.807, 2.05) is 20.9 Å². The third-order valence-corrected chi connectivity index (χ3v) is 9.08. The third-order valence-electron chi connectivity index (χ3n) is 4.63. The molecule has 0 aromatic carbocycles. The number of amides is 2. The number of methoxy groups -OCH3 is 1. The molecule has 204 valence electrons. The van der Waals surface area contributed by atoms with Gasteiger partial charge in [-0.3, -0.25) is 14.1 Å². The minimum absolute atomic E-state index is 0.117. The summed E-state index contributed by atoms with van der Waals surface area (Å²) in [6.07, 6.45) is -0.472. The summed E-state index contributed by atoms with van der Waals surface area (Å²) in [4.78, 5) is 42.2. The van der Waals surface area contributed by atoms with Crippen LogP contribution in [-0.2, 0) is 43.5 Å². The second-order valence-electron chi connectivity index (χ2n) is 8.40. The van der Waals surface area contributed by atoms with Gasteiger partial charge in [0.05, 0.1) is 33.0 Å². The molecule has 0 spiro atoms. The highest BCUT2D eigenvalue weighted by Crippen LogP contribution is 2.37. The van der Waals surface area contributed by atoms with Crippen molar-refractivity contribution in [1.29, 1.82) is 0 Å². The van der Waals surface area contributed by atoms with E-state index in [1.54, 1.807) is 7.11 Å². The van der Waals surface area contributed by atoms with Crippen LogP contribution in [0.2, 0.25) is 0 Å². The summed E-state index contributed by atoms with van der Waals surface area (Å²) < 4.78 is 48.4. The molecular formula is C20H36N2O10S3. The Morgan fingerprint density at radius 1 is 1.11 bits per heavy atom. The van der Waals surface area contributed by atoms with E-state index in [4.69, 9.17) is 14.2 Å². The number of imide groups is 1. The van der Waals surface area contributed by atoms with Crippen molar-refractivity contribution < 1.29 is 46.4 Å². The fourth-order valence-electron chi connectivity index (χ4n) is 2.99. The van der Waals surface area contributed by atoms with Gasteiger partial charge in [0.2, 0.25) is 0 Å². The van der Waals surface area contributed by atoms with Crippen LogP contribution in [0.4, 0.5) is 0 Å². The quantitative estimate of drug-likeness (QED) is 0.104. The number of nitrogens with zero attached hydrogens (tertiary/aromatic N) is 2. The van der Waals surface area contributed by atoms with E-state index in [1.165, 1.54) is 21.6 Å². The predicted molar refractivity (Wildman–Crippen MR) is 132 cm³/mol. The van der Waals surface area contributed by atoms with Gasteiger partial charge in [-0.2, -0.15) is 8.42 Å². The first-order valence-electron chi connectivity index (χ1n) is 11.0. The van der Waals surface area contributed by atoms with E-state index in [0.29, 0.717) is 33.0 Å². The molecule has 0 radical (unpaired) electrons. The number of carbonyl (C=O) groups excluding carboxylic acids is 3. The minimum atomic E-state index is -4.78. The molecule has 1 unspecified atom stereocenters. The average Bonchev–Trinajstić information content (AvgIpc) is 3.06. The van der Waals surface area contributed by atoms with Crippen molar-refractivity contribution >= 4 is 49.5 Å². The van der Waals surface area contributed by atoms with Gasteiger partial charge < -0.3 is 23.9 Å². The molecule has 0 bridgehead atoms. The molecule has 0 aromatic heterocycles. The Morgan fingerprint density at radius 2 is 1.69 bits per heavy atom. The van der Waals surface area contributed by atoms with Crippen LogP contribution in [0.5, 0.6) is 0 Å². The van der Waals surface area contributed by atoms with E-state index in [2.05, 4.69) is 9.74 Å². The van der Waals surface area contributed by atoms with Gasteiger partial charge in [0.1, 0.15) is 0 Å². The van der Waals surface area contributed by atoms with Crippen molar-refractivity contribution in [3.63, 3.8) is 0 Å². The second-order valence-corrected chi connectivity index (χ2v) is 13.1. The fraction of sp³-hybridized carbons (Fsp3) is 0.850. The maximum absolute atomic E-state index is 12.2. The van der Waals surface area contributed by atoms with E-state index in [0.717, 1.165) is 13.1 Å². The number of likely N-dealkylation sites (N-methyl/N-ethyl adjacent to an activating group) is 1. The zero-order chi connectivity index (χ0) is 26.5. The van der Waals surface area contributed by atoms with Crippen LogP contribution >= 0.6 is 21.6 Å². The van der Waals surface area contributed by atoms with Crippen LogP contribution in [-0.4, -0.2) is 117 Å². The van der Waals surface area contributed by atoms with Crippen molar-refractivity contribution in [3.8, 4) is 0 Å². The summed E-state index contributed by atoms with van der Waals surface area (Å²) in [6.45, 7) is 8.16. The van der Waals surface area contributed by atoms with Crippen LogP contribution < -0.4 is 0 Å². The first-order valence-corrected chi connectivity index (χ1v) is 14.9. The lowest BCUT2D eigenvalue weighted by molar-refractivity contribution is -0.197. The molecule has 1 fully saturated rings. The molecule has 0 saturated carbocycles. The highest BCUT2D eigenvalue weighted by molar-refractivity contribution is 8.77. The lowest BCUT2D eigenvalue weighted by atomic mass is 10.2. The molecule has 1 aliphatic rings. The zero-order valence-electron chi connectivity index (χ0n) is 20.6. The standard InChI is InChI=1S/C20H36N2O10S3/c1-20(2,15-21(3)8-9-30-12-13-31-11-10-29-4)34-33-14-7-16(35(26,27)28)19(25)32-22-17(23)5-6-18(22)24/h16H,5-15H2,1-4H3,(H,26,27,28). The Bertz CT molecular complexity index is 778. The Labute approximate surface area is 214 Å². The summed E-state index contributed by atoms with van der Waals surface area (Å²) in [7, 11) is 1.67. The first-order chi connectivity index (χ1) is 16.4. The van der Waals surface area contributed by atoms with Crippen LogP contribution in [0.15, 0.2) is 0 Å². The van der Waals surface area contributed by atoms with Gasteiger partial charge in [0.15, 0.2) is 5.25 Å². The minimum Gasteiger partial charge on any atom is -0.382 e. The number of hydrogen-bond acceptors (Lipinski definition) is 12. The van der Waals surface area contributed by atoms with Crippen molar-refractivity contribution in [2.24, 2.45) is 0 Å². The number of hydrogen-bond donors (Lipinski definition) is 1. The van der Waals surface area contributed by atoms with E-state index < -0.39 is 33.2 Å². The van der Waals surface area contributed by atoms with Gasteiger partial charge in [-0.15, -0.1) is 5.06 Å². The molecule has 35 heavy (non-hydrogen) atoms. The van der Waals surface area contributed by atoms with Gasteiger partial charge in [0.25, 0.3) is 21.9 Å². The topological polar surface area (TPSA) is 149 Å². The third kappa shape index (κ3) is 13.3. The van der Waals surface area contributed by atoms with E-state index in [9.17, 15) is 27.4 Å². The van der Waals surface area contributed by atoms with Crippen molar-refractivity contribution in [3.05, 3.63) is 0 Å². The Morgan fingerprint density at radius 3 is 2.26 bits per heavy atom. The number of carbonyl (C=O) groups is 3. The fourth-order valence-corrected chi connectivity index (χ4v) is 6.50. The predicted octanol–water partition coefficient (Wildman–Crippen LogP) is 1.01. The maximum atomic E-state index is 12.2. The van der Waals surface area contributed by atoms with Gasteiger partial charge in [0, 0.05) is 43.5 Å². The SMILES string of the molecule is COCCOCCOCCN(C)CC(C)(C)SSCCC(C(=O)ON1C(=O)CCC1=O)S(=O)(=O)O. The molecule has 1 rings (SSSR count). The summed E-state index contributed by atoms with van der Waals surface area (Å²) in [6, 6.07) is 0. The summed E-state index contributed by atoms with van der Waals surface area (Å²) in [5.74, 6) is -2.60. The number of ether oxygens (including phenoxy) is 3. The average molecular weight is 561 g/mol. The first kappa shape index (κ1) is 32.1. The number of hydroxylamine groups is 2. The second kappa shape index (κ2) is 16.0. The molecule has 1 saturated heterocycles. The molecular weight excluding hydrogens is 524 g/mol. The molecule has 0 aliphatic carbocycles. The van der Waals surface area contributed by atoms with E-state index in [-0.39, 0.29) is 34.8 Å². The van der Waals surface area contributed by atoms with Gasteiger partial charge >= 0.3 is 5.97 Å². The molecule has 1 atom stereocenters. The Kier molecular flexibility index (Phi) is 14.7. The van der Waals surface area contributed by atoms with Crippen LogP contribution in [0.1, 0.15) is 33.1 Å². The smallest absolute Gasteiger partial charge is 0.353 e. The lowest BCUT2D eigenvalue weighted by Crippen LogP contribution is -2.40. The summed E-state index contributed by atoms with van der Waals surface area (Å²) in [5.41, 5.74) is 0. The van der Waals surface area contributed by atoms with Crippen LogP contribution in [0.3, 0.4) is 0 Å². The van der Waals surface area contributed by atoms with Gasteiger partial charge in [-0.1, -0.05) is 21.6 Å². The highest BCUT2D eigenvalue weighted by Gasteiger charge is 2.39. The Hall–Kier alpha value is -0.940. The van der Waals surface area contributed by atoms with E-state index >= 15 is 0 Å². The van der Waals surface area contributed by atoms with Gasteiger partial charge in [-0.05, 0) is 27.3 Å². The van der Waals surface area contributed by atoms with Crippen LogP contribution in [0, 0.1) is 0 Å². The molecule has 0 aromatic rings. The van der Waals surface area contributed by atoms with Crippen molar-refractivity contribution in [1.82, 2.24) is 9.96 Å². The highest BCUT2D eigenvalue weighted by atomic mass is 33.1. The van der Waals surface area contributed by atoms with Crippen molar-refractivity contribution in [2.45, 2.75) is 43.1 Å². The lowest BCUT2D eigenvalue weighted by Gasteiger charge is -2.29. The molecule has 1 aliphatic heterocycles. The monoisotopic (exact) mass is 560 g/mol. The maximum Gasteiger partial charge on any atom is 0.353 e. The summed E-state index contributed by atoms with van der Waals surface area (Å²) >= 11 is 0. The molecule has 1 N–H and O–H groups in total. The number of rotatable bonds is 19. The van der Waals surface area contributed by atoms with Crippen LogP contribution in [0.25, 0.3) is 0 Å². The molecule has 12 nitrogen and oxygen atoms in total. The molecule has 2 amide bonds.